The first-order valence-corrected chi connectivity index (χ1v) is 9.98. The summed E-state index contributed by atoms with van der Waals surface area (Å²) < 4.78 is 0. The monoisotopic (exact) mass is 387 g/mol. The minimum absolute atomic E-state index is 0.0475. The number of pyridine rings is 1. The second-order valence-electron chi connectivity index (χ2n) is 7.61. The Kier molecular flexibility index (Phi) is 5.58. The summed E-state index contributed by atoms with van der Waals surface area (Å²) in [6.07, 6.45) is 3.02. The molecule has 5 nitrogen and oxygen atoms in total. The number of carbonyl (C=O) groups is 1. The third-order valence-corrected chi connectivity index (χ3v) is 5.75. The van der Waals surface area contributed by atoms with Gasteiger partial charge in [0.1, 0.15) is 0 Å². The van der Waals surface area contributed by atoms with Crippen molar-refractivity contribution >= 4 is 11.6 Å². The largest absolute Gasteiger partial charge is 0.329 e. The van der Waals surface area contributed by atoms with Crippen molar-refractivity contribution in [1.29, 1.82) is 0 Å². The van der Waals surface area contributed by atoms with Crippen LogP contribution in [0.5, 0.6) is 0 Å². The lowest BCUT2D eigenvalue weighted by atomic mass is 9.72. The predicted octanol–water partition coefficient (Wildman–Crippen LogP) is 3.55. The van der Waals surface area contributed by atoms with Gasteiger partial charge in [-0.05, 0) is 43.1 Å². The number of hydrogen-bond donors (Lipinski definition) is 2. The number of nitrogens with zero attached hydrogens (tertiary/aromatic N) is 1. The lowest BCUT2D eigenvalue weighted by Gasteiger charge is -2.41. The third-order valence-electron chi connectivity index (χ3n) is 5.75. The van der Waals surface area contributed by atoms with Crippen LogP contribution in [-0.4, -0.2) is 28.9 Å². The standard InChI is InChI=1S/C24H25N3O2/c28-22-17-21(11-14-25-22)26-23(29)24(20-9-5-2-6-10-20)12-15-27(16-13-24)18-19-7-3-1-4-8-19/h1-11,14,17H,12-13,15-16,18H2,(H2,25,26,28,29). The first-order valence-electron chi connectivity index (χ1n) is 9.98. The van der Waals surface area contributed by atoms with Crippen molar-refractivity contribution in [1.82, 2.24) is 9.88 Å². The molecular formula is C24H25N3O2. The maximum Gasteiger partial charge on any atom is 0.249 e. The van der Waals surface area contributed by atoms with E-state index in [-0.39, 0.29) is 11.5 Å². The van der Waals surface area contributed by atoms with E-state index in [9.17, 15) is 9.59 Å². The summed E-state index contributed by atoms with van der Waals surface area (Å²) >= 11 is 0. The summed E-state index contributed by atoms with van der Waals surface area (Å²) in [7, 11) is 0. The molecule has 3 aromatic rings. The van der Waals surface area contributed by atoms with Gasteiger partial charge in [0.2, 0.25) is 11.5 Å². The zero-order valence-electron chi connectivity index (χ0n) is 16.3. The number of hydrogen-bond acceptors (Lipinski definition) is 3. The normalized spacial score (nSPS) is 16.3. The summed E-state index contributed by atoms with van der Waals surface area (Å²) in [5, 5.41) is 2.98. The number of aromatic amines is 1. The molecule has 1 aliphatic heterocycles. The van der Waals surface area contributed by atoms with Crippen LogP contribution in [0.2, 0.25) is 0 Å². The first kappa shape index (κ1) is 19.2. The molecular weight excluding hydrogens is 362 g/mol. The number of H-pyrrole nitrogens is 1. The number of anilines is 1. The predicted molar refractivity (Wildman–Crippen MR) is 115 cm³/mol. The molecule has 1 fully saturated rings. The molecule has 0 radical (unpaired) electrons. The highest BCUT2D eigenvalue weighted by atomic mass is 16.2. The van der Waals surface area contributed by atoms with E-state index in [1.165, 1.54) is 11.6 Å². The Morgan fingerprint density at radius 1 is 0.966 bits per heavy atom. The number of amides is 1. The number of rotatable bonds is 5. The SMILES string of the molecule is O=C(Nc1cc[nH]c(=O)c1)C1(c2ccccc2)CCN(Cc2ccccc2)CC1. The van der Waals surface area contributed by atoms with E-state index in [1.54, 1.807) is 12.3 Å². The molecule has 1 aromatic heterocycles. The maximum absolute atomic E-state index is 13.4. The lowest BCUT2D eigenvalue weighted by Crippen LogP contribution is -2.49. The maximum atomic E-state index is 13.4. The van der Waals surface area contributed by atoms with Crippen molar-refractivity contribution < 1.29 is 4.79 Å². The van der Waals surface area contributed by atoms with Crippen LogP contribution in [0.15, 0.2) is 83.8 Å². The number of benzene rings is 2. The highest BCUT2D eigenvalue weighted by Crippen LogP contribution is 2.37. The summed E-state index contributed by atoms with van der Waals surface area (Å²) in [4.78, 5) is 30.0. The summed E-state index contributed by atoms with van der Waals surface area (Å²) in [5.41, 5.74) is 2.02. The van der Waals surface area contributed by atoms with Gasteiger partial charge in [0.05, 0.1) is 5.41 Å². The number of piperidine rings is 1. The van der Waals surface area contributed by atoms with Gasteiger partial charge >= 0.3 is 0 Å². The third kappa shape index (κ3) is 4.30. The van der Waals surface area contributed by atoms with Crippen molar-refractivity contribution in [3.05, 3.63) is 100 Å². The van der Waals surface area contributed by atoms with Gasteiger partial charge in [-0.2, -0.15) is 0 Å². The number of carbonyl (C=O) groups excluding carboxylic acids is 1. The second kappa shape index (κ2) is 8.45. The van der Waals surface area contributed by atoms with Crippen molar-refractivity contribution in [2.24, 2.45) is 0 Å². The quantitative estimate of drug-likeness (QED) is 0.704. The molecule has 2 heterocycles. The van der Waals surface area contributed by atoms with Crippen molar-refractivity contribution in [2.75, 3.05) is 18.4 Å². The van der Waals surface area contributed by atoms with Crippen LogP contribution in [0.1, 0.15) is 24.0 Å². The molecule has 0 saturated carbocycles. The average molecular weight is 387 g/mol. The van der Waals surface area contributed by atoms with Gasteiger partial charge < -0.3 is 10.3 Å². The number of aromatic nitrogens is 1. The highest BCUT2D eigenvalue weighted by Gasteiger charge is 2.42. The molecule has 1 aliphatic rings. The van der Waals surface area contributed by atoms with Gasteiger partial charge in [0, 0.05) is 24.5 Å². The van der Waals surface area contributed by atoms with Gasteiger partial charge in [-0.1, -0.05) is 60.7 Å². The van der Waals surface area contributed by atoms with E-state index in [2.05, 4.69) is 39.5 Å². The van der Waals surface area contributed by atoms with Crippen molar-refractivity contribution in [2.45, 2.75) is 24.8 Å². The van der Waals surface area contributed by atoms with Crippen molar-refractivity contribution in [3.8, 4) is 0 Å². The Morgan fingerprint density at radius 2 is 1.62 bits per heavy atom. The highest BCUT2D eigenvalue weighted by molar-refractivity contribution is 5.99. The molecule has 0 atom stereocenters. The zero-order chi connectivity index (χ0) is 20.1. The second-order valence-corrected chi connectivity index (χ2v) is 7.61. The molecule has 0 aliphatic carbocycles. The molecule has 1 saturated heterocycles. The Morgan fingerprint density at radius 3 is 2.28 bits per heavy atom. The Bertz CT molecular complexity index is 1010. The fourth-order valence-electron chi connectivity index (χ4n) is 4.11. The van der Waals surface area contributed by atoms with E-state index in [4.69, 9.17) is 0 Å². The Balaban J connectivity index is 1.55. The van der Waals surface area contributed by atoms with Crippen LogP contribution >= 0.6 is 0 Å². The van der Waals surface area contributed by atoms with E-state index in [0.717, 1.165) is 38.0 Å². The van der Waals surface area contributed by atoms with Gasteiger partial charge in [-0.25, -0.2) is 0 Å². The molecule has 2 aromatic carbocycles. The van der Waals surface area contributed by atoms with Gasteiger partial charge in [0.15, 0.2) is 0 Å². The van der Waals surface area contributed by atoms with E-state index < -0.39 is 5.41 Å². The zero-order valence-corrected chi connectivity index (χ0v) is 16.3. The number of likely N-dealkylation sites (tertiary alicyclic amines) is 1. The number of nitrogens with one attached hydrogen (secondary N) is 2. The molecule has 0 bridgehead atoms. The van der Waals surface area contributed by atoms with E-state index in [1.807, 2.05) is 36.4 Å². The molecule has 1 amide bonds. The molecule has 0 unspecified atom stereocenters. The van der Waals surface area contributed by atoms with Gasteiger partial charge in [-0.3, -0.25) is 14.5 Å². The summed E-state index contributed by atoms with van der Waals surface area (Å²) in [5.74, 6) is -0.0475. The van der Waals surface area contributed by atoms with Crippen LogP contribution in [0.3, 0.4) is 0 Å². The van der Waals surface area contributed by atoms with E-state index >= 15 is 0 Å². The van der Waals surface area contributed by atoms with Crippen LogP contribution < -0.4 is 10.9 Å². The minimum atomic E-state index is -0.600. The van der Waals surface area contributed by atoms with Crippen LogP contribution in [-0.2, 0) is 16.8 Å². The minimum Gasteiger partial charge on any atom is -0.329 e. The van der Waals surface area contributed by atoms with Crippen LogP contribution in [0, 0.1) is 0 Å². The fourth-order valence-corrected chi connectivity index (χ4v) is 4.11. The topological polar surface area (TPSA) is 65.2 Å². The molecule has 0 spiro atoms. The molecule has 148 valence electrons. The molecule has 2 N–H and O–H groups in total. The summed E-state index contributed by atoms with van der Waals surface area (Å²) in [6, 6.07) is 23.5. The van der Waals surface area contributed by atoms with Crippen LogP contribution in [0.4, 0.5) is 5.69 Å². The molecule has 5 heteroatoms. The smallest absolute Gasteiger partial charge is 0.249 e. The molecule has 29 heavy (non-hydrogen) atoms. The van der Waals surface area contributed by atoms with E-state index in [0.29, 0.717) is 5.69 Å². The summed E-state index contributed by atoms with van der Waals surface area (Å²) in [6.45, 7) is 2.57. The Labute approximate surface area is 170 Å². The average Bonchev–Trinajstić information content (AvgIpc) is 2.76. The Hall–Kier alpha value is -3.18. The van der Waals surface area contributed by atoms with Gasteiger partial charge in [0.25, 0.3) is 0 Å². The van der Waals surface area contributed by atoms with Gasteiger partial charge in [-0.15, -0.1) is 0 Å². The van der Waals surface area contributed by atoms with Crippen molar-refractivity contribution in [3.63, 3.8) is 0 Å². The first-order chi connectivity index (χ1) is 14.2. The lowest BCUT2D eigenvalue weighted by molar-refractivity contribution is -0.123. The molecule has 4 rings (SSSR count). The fraction of sp³-hybridized carbons (Fsp3) is 0.250. The van der Waals surface area contributed by atoms with Crippen LogP contribution in [0.25, 0.3) is 0 Å².